The minimum absolute atomic E-state index is 0.0613. The zero-order chi connectivity index (χ0) is 15.1. The molecule has 0 amide bonds. The van der Waals surface area contributed by atoms with Crippen LogP contribution >= 0.6 is 11.6 Å². The molecule has 4 nitrogen and oxygen atoms in total. The summed E-state index contributed by atoms with van der Waals surface area (Å²) in [5.41, 5.74) is 0.561. The molecule has 0 bridgehead atoms. The fourth-order valence-corrected chi connectivity index (χ4v) is 1.94. The Kier molecular flexibility index (Phi) is 6.19. The maximum absolute atomic E-state index is 12.3. The third-order valence-corrected chi connectivity index (χ3v) is 2.73. The number of ether oxygens (including phenoxy) is 2. The third kappa shape index (κ3) is 4.07. The Morgan fingerprint density at radius 1 is 1.50 bits per heavy atom. The number of halogens is 3. The van der Waals surface area contributed by atoms with E-state index in [1.807, 2.05) is 6.07 Å². The van der Waals surface area contributed by atoms with Crippen LogP contribution < -0.4 is 4.74 Å². The van der Waals surface area contributed by atoms with Gasteiger partial charge in [0, 0.05) is 5.56 Å². The van der Waals surface area contributed by atoms with Gasteiger partial charge in [-0.15, -0.1) is 11.6 Å². The van der Waals surface area contributed by atoms with Crippen LogP contribution in [0.2, 0.25) is 0 Å². The Labute approximate surface area is 119 Å². The van der Waals surface area contributed by atoms with Gasteiger partial charge in [0.05, 0.1) is 30.5 Å². The zero-order valence-electron chi connectivity index (χ0n) is 10.7. The van der Waals surface area contributed by atoms with E-state index in [1.54, 1.807) is 6.92 Å². The molecule has 0 heterocycles. The SMILES string of the molecule is CCOC(=O)Cc1ccc(OC(F)F)c(CCl)c1C#N. The van der Waals surface area contributed by atoms with Crippen molar-refractivity contribution in [3.63, 3.8) is 0 Å². The van der Waals surface area contributed by atoms with E-state index >= 15 is 0 Å². The lowest BCUT2D eigenvalue weighted by Gasteiger charge is -2.13. The first-order valence-electron chi connectivity index (χ1n) is 5.74. The molecular formula is C13H12ClF2NO3. The monoisotopic (exact) mass is 303 g/mol. The maximum atomic E-state index is 12.3. The highest BCUT2D eigenvalue weighted by Gasteiger charge is 2.18. The second kappa shape index (κ2) is 7.65. The van der Waals surface area contributed by atoms with Crippen LogP contribution in [0.5, 0.6) is 5.75 Å². The van der Waals surface area contributed by atoms with E-state index in [0.717, 1.165) is 0 Å². The smallest absolute Gasteiger partial charge is 0.387 e. The number of nitriles is 1. The van der Waals surface area contributed by atoms with Crippen LogP contribution in [0, 0.1) is 11.3 Å². The highest BCUT2D eigenvalue weighted by atomic mass is 35.5. The summed E-state index contributed by atoms with van der Waals surface area (Å²) in [4.78, 5) is 11.4. The molecule has 0 saturated carbocycles. The van der Waals surface area contributed by atoms with Crippen LogP contribution in [-0.2, 0) is 21.8 Å². The van der Waals surface area contributed by atoms with Gasteiger partial charge in [0.1, 0.15) is 5.75 Å². The molecule has 20 heavy (non-hydrogen) atoms. The normalized spacial score (nSPS) is 10.2. The molecule has 0 radical (unpaired) electrons. The van der Waals surface area contributed by atoms with Crippen molar-refractivity contribution in [3.05, 3.63) is 28.8 Å². The van der Waals surface area contributed by atoms with Crippen molar-refractivity contribution in [2.75, 3.05) is 6.61 Å². The van der Waals surface area contributed by atoms with Gasteiger partial charge in [-0.1, -0.05) is 6.07 Å². The number of carbonyl (C=O) groups is 1. The lowest BCUT2D eigenvalue weighted by atomic mass is 9.99. The summed E-state index contributed by atoms with van der Waals surface area (Å²) in [6.07, 6.45) is -0.129. The first-order valence-corrected chi connectivity index (χ1v) is 6.28. The number of carbonyl (C=O) groups excluding carboxylic acids is 1. The molecule has 0 unspecified atom stereocenters. The molecule has 7 heteroatoms. The minimum atomic E-state index is -3.01. The Morgan fingerprint density at radius 2 is 2.20 bits per heavy atom. The Hall–Kier alpha value is -1.87. The number of hydrogen-bond donors (Lipinski definition) is 0. The van der Waals surface area contributed by atoms with Crippen molar-refractivity contribution in [2.24, 2.45) is 0 Å². The molecule has 0 aliphatic carbocycles. The number of nitrogens with zero attached hydrogens (tertiary/aromatic N) is 1. The highest BCUT2D eigenvalue weighted by molar-refractivity contribution is 6.17. The molecular weight excluding hydrogens is 292 g/mol. The van der Waals surface area contributed by atoms with Crippen LogP contribution in [0.3, 0.4) is 0 Å². The van der Waals surface area contributed by atoms with Crippen LogP contribution in [-0.4, -0.2) is 19.2 Å². The number of rotatable bonds is 6. The second-order valence-corrected chi connectivity index (χ2v) is 3.95. The van der Waals surface area contributed by atoms with Crippen molar-refractivity contribution in [1.29, 1.82) is 5.26 Å². The van der Waals surface area contributed by atoms with Gasteiger partial charge in [-0.05, 0) is 18.6 Å². The van der Waals surface area contributed by atoms with Crippen molar-refractivity contribution in [2.45, 2.75) is 25.8 Å². The molecule has 0 N–H and O–H groups in total. The minimum Gasteiger partial charge on any atom is -0.466 e. The van der Waals surface area contributed by atoms with Crippen LogP contribution in [0.4, 0.5) is 8.78 Å². The number of hydrogen-bond acceptors (Lipinski definition) is 4. The Balaban J connectivity index is 3.15. The molecule has 1 aromatic carbocycles. The summed E-state index contributed by atoms with van der Waals surface area (Å²) in [7, 11) is 0. The fraction of sp³-hybridized carbons (Fsp3) is 0.385. The predicted molar refractivity (Wildman–Crippen MR) is 67.7 cm³/mol. The maximum Gasteiger partial charge on any atom is 0.387 e. The number of benzene rings is 1. The standard InChI is InChI=1S/C13H12ClF2NO3/c1-2-19-12(18)5-8-3-4-11(20-13(15)16)9(6-14)10(8)7-17/h3-4,13H,2,5-6H2,1H3. The van der Waals surface area contributed by atoms with E-state index in [-0.39, 0.29) is 35.8 Å². The molecule has 1 rings (SSSR count). The van der Waals surface area contributed by atoms with Gasteiger partial charge < -0.3 is 9.47 Å². The summed E-state index contributed by atoms with van der Waals surface area (Å²) in [6.45, 7) is -1.14. The lowest BCUT2D eigenvalue weighted by Crippen LogP contribution is -2.11. The van der Waals surface area contributed by atoms with E-state index in [2.05, 4.69) is 4.74 Å². The van der Waals surface area contributed by atoms with Crippen LogP contribution in [0.1, 0.15) is 23.6 Å². The van der Waals surface area contributed by atoms with Crippen LogP contribution in [0.25, 0.3) is 0 Å². The first-order chi connectivity index (χ1) is 9.53. The van der Waals surface area contributed by atoms with E-state index in [9.17, 15) is 13.6 Å². The molecule has 0 aromatic heterocycles. The summed E-state index contributed by atoms with van der Waals surface area (Å²) < 4.78 is 33.6. The van der Waals surface area contributed by atoms with E-state index in [1.165, 1.54) is 12.1 Å². The Bertz CT molecular complexity index is 529. The van der Waals surface area contributed by atoms with Gasteiger partial charge >= 0.3 is 12.6 Å². The van der Waals surface area contributed by atoms with Gasteiger partial charge in [-0.3, -0.25) is 4.79 Å². The van der Waals surface area contributed by atoms with Gasteiger partial charge in [0.25, 0.3) is 0 Å². The topological polar surface area (TPSA) is 59.3 Å². The summed E-state index contributed by atoms with van der Waals surface area (Å²) >= 11 is 5.68. The number of esters is 1. The molecule has 0 fully saturated rings. The predicted octanol–water partition coefficient (Wildman–Crippen LogP) is 3.00. The first kappa shape index (κ1) is 16.2. The Morgan fingerprint density at radius 3 is 2.70 bits per heavy atom. The molecule has 0 aliphatic rings. The largest absolute Gasteiger partial charge is 0.466 e. The molecule has 0 saturated heterocycles. The van der Waals surface area contributed by atoms with Crippen molar-refractivity contribution >= 4 is 17.6 Å². The third-order valence-electron chi connectivity index (χ3n) is 2.46. The van der Waals surface area contributed by atoms with E-state index in [0.29, 0.717) is 5.56 Å². The molecule has 0 atom stereocenters. The van der Waals surface area contributed by atoms with Crippen molar-refractivity contribution in [3.8, 4) is 11.8 Å². The van der Waals surface area contributed by atoms with E-state index in [4.69, 9.17) is 21.6 Å². The highest BCUT2D eigenvalue weighted by Crippen LogP contribution is 2.28. The molecule has 0 spiro atoms. The average Bonchev–Trinajstić information content (AvgIpc) is 2.39. The van der Waals surface area contributed by atoms with Crippen molar-refractivity contribution < 1.29 is 23.0 Å². The quantitative estimate of drug-likeness (QED) is 0.599. The van der Waals surface area contributed by atoms with Gasteiger partial charge in [0.2, 0.25) is 0 Å². The molecule has 1 aromatic rings. The molecule has 0 aliphatic heterocycles. The second-order valence-electron chi connectivity index (χ2n) is 3.68. The summed E-state index contributed by atoms with van der Waals surface area (Å²) in [6, 6.07) is 4.50. The number of alkyl halides is 3. The van der Waals surface area contributed by atoms with Gasteiger partial charge in [-0.25, -0.2) is 0 Å². The summed E-state index contributed by atoms with van der Waals surface area (Å²) in [5.74, 6) is -0.854. The zero-order valence-corrected chi connectivity index (χ0v) is 11.4. The van der Waals surface area contributed by atoms with Gasteiger partial charge in [-0.2, -0.15) is 14.0 Å². The fourth-order valence-electron chi connectivity index (χ4n) is 1.67. The van der Waals surface area contributed by atoms with Crippen LogP contribution in [0.15, 0.2) is 12.1 Å². The van der Waals surface area contributed by atoms with Crippen molar-refractivity contribution in [1.82, 2.24) is 0 Å². The summed E-state index contributed by atoms with van der Waals surface area (Å²) in [5, 5.41) is 9.13. The average molecular weight is 304 g/mol. The lowest BCUT2D eigenvalue weighted by molar-refractivity contribution is -0.142. The molecule has 108 valence electrons. The van der Waals surface area contributed by atoms with Gasteiger partial charge in [0.15, 0.2) is 0 Å². The van der Waals surface area contributed by atoms with E-state index < -0.39 is 12.6 Å².